The first-order valence-corrected chi connectivity index (χ1v) is 21.3. The van der Waals surface area contributed by atoms with Crippen LogP contribution in [-0.2, 0) is 25.7 Å². The normalized spacial score (nSPS) is 17.3. The standard InChI is InChI=1S/C43H49ClN8O5S/c1-25-26(2)58-43-38(25)39(28-15-17-29(44)18-16-28)47-34(40-50-49-27(3)52(40)43)22-37(55)45-21-10-8-6-4-5-7-9-12-30(53)23-46-33-14-11-13-31-32(33)24-51(42(31)57)35-19-20-36(54)48-41(35)56/h11,13-18,34-35,46H,4-10,12,19-24H2,1-3H3,(H,45,55)(H,48,54,56)/t34-,35?/m0/s1. The van der Waals surface area contributed by atoms with Gasteiger partial charge in [-0.1, -0.05) is 61.9 Å². The minimum absolute atomic E-state index is 0.0759. The summed E-state index contributed by atoms with van der Waals surface area (Å²) in [5, 5.41) is 19.2. The quantitative estimate of drug-likeness (QED) is 0.0766. The molecule has 2 aromatic carbocycles. The third kappa shape index (κ3) is 8.92. The Balaban J connectivity index is 0.804. The third-order valence-corrected chi connectivity index (χ3v) is 12.7. The minimum Gasteiger partial charge on any atom is -0.378 e. The molecule has 3 aliphatic heterocycles. The Bertz CT molecular complexity index is 2260. The summed E-state index contributed by atoms with van der Waals surface area (Å²) in [6.07, 6.45) is 7.97. The molecule has 0 radical (unpaired) electrons. The third-order valence-electron chi connectivity index (χ3n) is 11.2. The molecule has 15 heteroatoms. The Kier molecular flexibility index (Phi) is 12.8. The number of benzene rings is 2. The van der Waals surface area contributed by atoms with Crippen LogP contribution in [0.4, 0.5) is 5.69 Å². The molecule has 3 aliphatic rings. The zero-order valence-corrected chi connectivity index (χ0v) is 34.7. The molecule has 58 heavy (non-hydrogen) atoms. The molecule has 2 aromatic heterocycles. The van der Waals surface area contributed by atoms with E-state index in [4.69, 9.17) is 16.6 Å². The van der Waals surface area contributed by atoms with E-state index in [1.54, 1.807) is 23.5 Å². The van der Waals surface area contributed by atoms with Crippen molar-refractivity contribution in [3.63, 3.8) is 0 Å². The molecule has 0 aliphatic carbocycles. The molecule has 0 spiro atoms. The van der Waals surface area contributed by atoms with E-state index >= 15 is 0 Å². The molecule has 1 unspecified atom stereocenters. The summed E-state index contributed by atoms with van der Waals surface area (Å²) in [5.74, 6) is 0.443. The predicted octanol–water partition coefficient (Wildman–Crippen LogP) is 6.87. The average Bonchev–Trinajstić information content (AvgIpc) is 3.82. The number of nitrogens with one attached hydrogen (secondary N) is 3. The van der Waals surface area contributed by atoms with Crippen molar-refractivity contribution in [3.05, 3.63) is 91.8 Å². The number of amides is 4. The largest absolute Gasteiger partial charge is 0.378 e. The lowest BCUT2D eigenvalue weighted by molar-refractivity contribution is -0.137. The number of carbonyl (C=O) groups is 5. The number of halogens is 1. The number of piperidine rings is 1. The van der Waals surface area contributed by atoms with Gasteiger partial charge in [0.05, 0.1) is 18.7 Å². The molecule has 7 rings (SSSR count). The highest BCUT2D eigenvalue weighted by Crippen LogP contribution is 2.40. The highest BCUT2D eigenvalue weighted by molar-refractivity contribution is 7.15. The maximum atomic E-state index is 13.3. The summed E-state index contributed by atoms with van der Waals surface area (Å²) in [4.78, 5) is 71.0. The van der Waals surface area contributed by atoms with Crippen LogP contribution in [0.15, 0.2) is 47.5 Å². The van der Waals surface area contributed by atoms with Crippen molar-refractivity contribution < 1.29 is 24.0 Å². The fourth-order valence-electron chi connectivity index (χ4n) is 7.97. The van der Waals surface area contributed by atoms with Gasteiger partial charge in [-0.25, -0.2) is 0 Å². The number of fused-ring (bicyclic) bond motifs is 4. The lowest BCUT2D eigenvalue weighted by atomic mass is 9.99. The summed E-state index contributed by atoms with van der Waals surface area (Å²) in [6, 6.07) is 11.8. The smallest absolute Gasteiger partial charge is 0.255 e. The van der Waals surface area contributed by atoms with Gasteiger partial charge in [0.1, 0.15) is 22.9 Å². The summed E-state index contributed by atoms with van der Waals surface area (Å²) in [7, 11) is 0. The average molecular weight is 825 g/mol. The number of rotatable bonds is 17. The number of anilines is 1. The van der Waals surface area contributed by atoms with Gasteiger partial charge in [-0.2, -0.15) is 0 Å². The van der Waals surface area contributed by atoms with Gasteiger partial charge in [0.15, 0.2) is 11.6 Å². The van der Waals surface area contributed by atoms with E-state index in [0.717, 1.165) is 83.7 Å². The number of aliphatic imine (C=N–C) groups is 1. The molecule has 0 saturated carbocycles. The first kappa shape index (κ1) is 41.0. The van der Waals surface area contributed by atoms with Crippen LogP contribution in [0, 0.1) is 20.8 Å². The van der Waals surface area contributed by atoms with Gasteiger partial charge in [-0.15, -0.1) is 21.5 Å². The summed E-state index contributed by atoms with van der Waals surface area (Å²) < 4.78 is 2.05. The molecule has 4 aromatic rings. The van der Waals surface area contributed by atoms with Gasteiger partial charge in [0.2, 0.25) is 17.7 Å². The number of Topliss-reactive ketones (excluding diaryl/α,β-unsaturated/α-hetero) is 1. The molecule has 1 fully saturated rings. The maximum Gasteiger partial charge on any atom is 0.255 e. The summed E-state index contributed by atoms with van der Waals surface area (Å²) >= 11 is 7.91. The van der Waals surface area contributed by atoms with E-state index in [9.17, 15) is 24.0 Å². The number of aromatic nitrogens is 3. The Morgan fingerprint density at radius 1 is 0.948 bits per heavy atom. The molecule has 13 nitrogen and oxygen atoms in total. The fraction of sp³-hybridized carbons (Fsp3) is 0.442. The Morgan fingerprint density at radius 3 is 2.45 bits per heavy atom. The second-order valence-electron chi connectivity index (χ2n) is 15.3. The number of unbranched alkanes of at least 4 members (excludes halogenated alkanes) is 6. The predicted molar refractivity (Wildman–Crippen MR) is 224 cm³/mol. The maximum absolute atomic E-state index is 13.3. The Morgan fingerprint density at radius 2 is 1.69 bits per heavy atom. The van der Waals surface area contributed by atoms with Crippen LogP contribution >= 0.6 is 22.9 Å². The van der Waals surface area contributed by atoms with Crippen molar-refractivity contribution in [2.75, 3.05) is 18.4 Å². The van der Waals surface area contributed by atoms with Crippen LogP contribution in [0.25, 0.3) is 5.00 Å². The van der Waals surface area contributed by atoms with Gasteiger partial charge >= 0.3 is 0 Å². The molecule has 5 heterocycles. The van der Waals surface area contributed by atoms with E-state index in [1.165, 1.54) is 9.78 Å². The first-order valence-electron chi connectivity index (χ1n) is 20.1. The molecule has 2 atom stereocenters. The number of thiophene rings is 1. The van der Waals surface area contributed by atoms with Crippen molar-refractivity contribution >= 4 is 63.7 Å². The number of hydrogen-bond acceptors (Lipinski definition) is 10. The van der Waals surface area contributed by atoms with Gasteiger partial charge in [-0.3, -0.25) is 38.8 Å². The van der Waals surface area contributed by atoms with E-state index in [0.29, 0.717) is 41.5 Å². The first-order chi connectivity index (χ1) is 28.0. The number of hydrogen-bond donors (Lipinski definition) is 3. The van der Waals surface area contributed by atoms with Crippen LogP contribution < -0.4 is 16.0 Å². The van der Waals surface area contributed by atoms with Crippen molar-refractivity contribution in [3.8, 4) is 5.00 Å². The monoisotopic (exact) mass is 824 g/mol. The van der Waals surface area contributed by atoms with Gasteiger partial charge in [-0.05, 0) is 69.9 Å². The molecular weight excluding hydrogens is 776 g/mol. The number of ketones is 1. The van der Waals surface area contributed by atoms with E-state index in [2.05, 4.69) is 44.6 Å². The van der Waals surface area contributed by atoms with Gasteiger partial charge in [0, 0.05) is 63.8 Å². The molecule has 0 bridgehead atoms. The number of carbonyl (C=O) groups excluding carboxylic acids is 5. The SMILES string of the molecule is Cc1sc2c(c1C)C(c1ccc(Cl)cc1)=N[C@@H](CC(=O)NCCCCCCCCCC(=O)CNc1cccc3c1CN(C1CCC(=O)NC1=O)C3=O)c1nnc(C)n1-2. The van der Waals surface area contributed by atoms with Crippen LogP contribution in [0.2, 0.25) is 5.02 Å². The molecule has 304 valence electrons. The lowest BCUT2D eigenvalue weighted by Gasteiger charge is -2.29. The molecule has 3 N–H and O–H groups in total. The second-order valence-corrected chi connectivity index (χ2v) is 16.9. The summed E-state index contributed by atoms with van der Waals surface area (Å²) in [5.41, 5.74) is 5.95. The highest BCUT2D eigenvalue weighted by Gasteiger charge is 2.40. The van der Waals surface area contributed by atoms with Crippen LogP contribution in [-0.4, -0.2) is 73.9 Å². The number of imide groups is 1. The fourth-order valence-corrected chi connectivity index (χ4v) is 9.31. The molecule has 1 saturated heterocycles. The van der Waals surface area contributed by atoms with Crippen LogP contribution in [0.5, 0.6) is 0 Å². The molecule has 4 amide bonds. The topological polar surface area (TPSA) is 168 Å². The zero-order chi connectivity index (χ0) is 40.9. The van der Waals surface area contributed by atoms with E-state index in [-0.39, 0.29) is 49.4 Å². The van der Waals surface area contributed by atoms with Crippen molar-refractivity contribution in [2.24, 2.45) is 4.99 Å². The van der Waals surface area contributed by atoms with Crippen molar-refractivity contribution in [1.29, 1.82) is 0 Å². The summed E-state index contributed by atoms with van der Waals surface area (Å²) in [6.45, 7) is 7.15. The number of aryl methyl sites for hydroxylation is 2. The van der Waals surface area contributed by atoms with Gasteiger partial charge < -0.3 is 15.5 Å². The highest BCUT2D eigenvalue weighted by atomic mass is 35.5. The van der Waals surface area contributed by atoms with Crippen molar-refractivity contribution in [2.45, 2.75) is 110 Å². The van der Waals surface area contributed by atoms with Gasteiger partial charge in [0.25, 0.3) is 5.91 Å². The van der Waals surface area contributed by atoms with E-state index < -0.39 is 18.0 Å². The Labute approximate surface area is 347 Å². The van der Waals surface area contributed by atoms with Crippen molar-refractivity contribution in [1.82, 2.24) is 30.3 Å². The molecular formula is C43H49ClN8O5S. The van der Waals surface area contributed by atoms with Crippen LogP contribution in [0.1, 0.15) is 126 Å². The van der Waals surface area contributed by atoms with Crippen LogP contribution in [0.3, 0.4) is 0 Å². The second kappa shape index (κ2) is 18.2. The van der Waals surface area contributed by atoms with E-state index in [1.807, 2.05) is 37.3 Å². The lowest BCUT2D eigenvalue weighted by Crippen LogP contribution is -2.52. The Hall–Kier alpha value is -5.21. The number of nitrogens with zero attached hydrogens (tertiary/aromatic N) is 5. The minimum atomic E-state index is -0.679. The zero-order valence-electron chi connectivity index (χ0n) is 33.2.